The number of esters is 1. The highest BCUT2D eigenvalue weighted by Gasteiger charge is 2.21. The van der Waals surface area contributed by atoms with Crippen molar-refractivity contribution in [3.05, 3.63) is 65.2 Å². The van der Waals surface area contributed by atoms with E-state index in [9.17, 15) is 23.2 Å². The van der Waals surface area contributed by atoms with E-state index in [1.807, 2.05) is 26.0 Å². The molecular formula is C22H24F2N2O4. The van der Waals surface area contributed by atoms with Gasteiger partial charge in [0, 0.05) is 11.8 Å². The highest BCUT2D eigenvalue weighted by Crippen LogP contribution is 2.26. The van der Waals surface area contributed by atoms with Gasteiger partial charge in [-0.3, -0.25) is 14.4 Å². The van der Waals surface area contributed by atoms with Gasteiger partial charge in [-0.2, -0.15) is 0 Å². The molecule has 0 radical (unpaired) electrons. The molecule has 2 N–H and O–H groups in total. The Kier molecular flexibility index (Phi) is 8.03. The van der Waals surface area contributed by atoms with Crippen LogP contribution in [0.3, 0.4) is 0 Å². The Hall–Kier alpha value is -3.29. The molecule has 0 aliphatic rings. The maximum Gasteiger partial charge on any atom is 0.326 e. The topological polar surface area (TPSA) is 84.5 Å². The summed E-state index contributed by atoms with van der Waals surface area (Å²) in [6.07, 6.45) is -0.215. The van der Waals surface area contributed by atoms with Gasteiger partial charge in [-0.15, -0.1) is 0 Å². The van der Waals surface area contributed by atoms with Crippen LogP contribution in [-0.2, 0) is 14.3 Å². The molecule has 0 spiro atoms. The summed E-state index contributed by atoms with van der Waals surface area (Å²) in [5.41, 5.74) is 1.21. The first kappa shape index (κ1) is 23.0. The third kappa shape index (κ3) is 6.10. The standard InChI is InChI=1S/C22H24F2N2O4/c1-4-13(2)16-7-5-6-8-19(16)26-21(28)14(3)30-20(27)12-25-22(29)17-10-9-15(23)11-18(17)24/h5-11,13-14H,4,12H2,1-3H3,(H,25,29)(H,26,28). The minimum atomic E-state index is -1.11. The molecule has 0 fully saturated rings. The molecule has 2 aromatic carbocycles. The molecule has 2 rings (SSSR count). The summed E-state index contributed by atoms with van der Waals surface area (Å²) in [5, 5.41) is 4.92. The van der Waals surface area contributed by atoms with Crippen molar-refractivity contribution in [1.29, 1.82) is 0 Å². The van der Waals surface area contributed by atoms with Crippen LogP contribution in [0.4, 0.5) is 14.5 Å². The normalized spacial score (nSPS) is 12.6. The molecule has 0 aromatic heterocycles. The number of nitrogens with one attached hydrogen (secondary N) is 2. The van der Waals surface area contributed by atoms with E-state index in [4.69, 9.17) is 4.74 Å². The van der Waals surface area contributed by atoms with Crippen molar-refractivity contribution in [2.45, 2.75) is 39.2 Å². The van der Waals surface area contributed by atoms with Gasteiger partial charge in [0.15, 0.2) is 6.10 Å². The summed E-state index contributed by atoms with van der Waals surface area (Å²) < 4.78 is 31.5. The molecule has 160 valence electrons. The van der Waals surface area contributed by atoms with Gasteiger partial charge in [0.1, 0.15) is 18.2 Å². The molecular weight excluding hydrogens is 394 g/mol. The van der Waals surface area contributed by atoms with Crippen molar-refractivity contribution in [3.63, 3.8) is 0 Å². The first-order chi connectivity index (χ1) is 14.2. The number of benzene rings is 2. The van der Waals surface area contributed by atoms with Gasteiger partial charge in [0.05, 0.1) is 5.56 Å². The number of halogens is 2. The van der Waals surface area contributed by atoms with Crippen LogP contribution in [0.1, 0.15) is 49.0 Å². The zero-order valence-corrected chi connectivity index (χ0v) is 17.0. The first-order valence-corrected chi connectivity index (χ1v) is 9.55. The molecule has 0 saturated carbocycles. The van der Waals surface area contributed by atoms with Crippen LogP contribution in [0.2, 0.25) is 0 Å². The van der Waals surface area contributed by atoms with E-state index in [1.54, 1.807) is 12.1 Å². The fraction of sp³-hybridized carbons (Fsp3) is 0.318. The minimum absolute atomic E-state index is 0.237. The minimum Gasteiger partial charge on any atom is -0.451 e. The molecule has 2 atom stereocenters. The van der Waals surface area contributed by atoms with Crippen molar-refractivity contribution in [3.8, 4) is 0 Å². The smallest absolute Gasteiger partial charge is 0.326 e. The lowest BCUT2D eigenvalue weighted by molar-refractivity contribution is -0.152. The number of carbonyl (C=O) groups excluding carboxylic acids is 3. The van der Waals surface area contributed by atoms with E-state index >= 15 is 0 Å². The Labute approximate surface area is 173 Å². The molecule has 2 unspecified atom stereocenters. The maximum atomic E-state index is 13.6. The van der Waals surface area contributed by atoms with Crippen LogP contribution < -0.4 is 10.6 Å². The second kappa shape index (κ2) is 10.5. The number of carbonyl (C=O) groups is 3. The zero-order valence-electron chi connectivity index (χ0n) is 17.0. The van der Waals surface area contributed by atoms with E-state index in [2.05, 4.69) is 10.6 Å². The Balaban J connectivity index is 1.90. The van der Waals surface area contributed by atoms with Crippen LogP contribution in [0.15, 0.2) is 42.5 Å². The predicted molar refractivity (Wildman–Crippen MR) is 108 cm³/mol. The average molecular weight is 418 g/mol. The lowest BCUT2D eigenvalue weighted by Gasteiger charge is -2.18. The lowest BCUT2D eigenvalue weighted by Crippen LogP contribution is -2.36. The molecule has 2 aromatic rings. The number of ether oxygens (including phenoxy) is 1. The Morgan fingerprint density at radius 3 is 2.43 bits per heavy atom. The number of amides is 2. The van der Waals surface area contributed by atoms with Gasteiger partial charge in [0.2, 0.25) is 0 Å². The third-order valence-electron chi connectivity index (χ3n) is 4.61. The Bertz CT molecular complexity index is 933. The van der Waals surface area contributed by atoms with Gasteiger partial charge >= 0.3 is 5.97 Å². The number of para-hydroxylation sites is 1. The summed E-state index contributed by atoms with van der Waals surface area (Å²) in [4.78, 5) is 36.2. The summed E-state index contributed by atoms with van der Waals surface area (Å²) in [6.45, 7) is 4.91. The molecule has 2 amide bonds. The number of anilines is 1. The van der Waals surface area contributed by atoms with Gasteiger partial charge in [0.25, 0.3) is 11.8 Å². The molecule has 8 heteroatoms. The summed E-state index contributed by atoms with van der Waals surface area (Å²) in [5.74, 6) is -3.92. The van der Waals surface area contributed by atoms with Crippen LogP contribution in [-0.4, -0.2) is 30.4 Å². The monoisotopic (exact) mass is 418 g/mol. The second-order valence-corrected chi connectivity index (χ2v) is 6.82. The molecule has 30 heavy (non-hydrogen) atoms. The highest BCUT2D eigenvalue weighted by molar-refractivity contribution is 5.97. The van der Waals surface area contributed by atoms with E-state index in [0.717, 1.165) is 24.1 Å². The fourth-order valence-electron chi connectivity index (χ4n) is 2.71. The molecule has 0 aliphatic heterocycles. The Morgan fingerprint density at radius 2 is 1.77 bits per heavy atom. The van der Waals surface area contributed by atoms with Gasteiger partial charge < -0.3 is 15.4 Å². The van der Waals surface area contributed by atoms with Crippen molar-refractivity contribution >= 4 is 23.5 Å². The van der Waals surface area contributed by atoms with E-state index in [0.29, 0.717) is 11.8 Å². The third-order valence-corrected chi connectivity index (χ3v) is 4.61. The first-order valence-electron chi connectivity index (χ1n) is 9.55. The van der Waals surface area contributed by atoms with E-state index < -0.39 is 47.6 Å². The quantitative estimate of drug-likeness (QED) is 0.639. The largest absolute Gasteiger partial charge is 0.451 e. The number of hydrogen-bond donors (Lipinski definition) is 2. The van der Waals surface area contributed by atoms with Crippen LogP contribution >= 0.6 is 0 Å². The van der Waals surface area contributed by atoms with Crippen LogP contribution in [0, 0.1) is 11.6 Å². The van der Waals surface area contributed by atoms with Crippen molar-refractivity contribution in [1.82, 2.24) is 5.32 Å². The second-order valence-electron chi connectivity index (χ2n) is 6.82. The van der Waals surface area contributed by atoms with Crippen LogP contribution in [0.25, 0.3) is 0 Å². The van der Waals surface area contributed by atoms with Gasteiger partial charge in [-0.1, -0.05) is 32.0 Å². The molecule has 0 aliphatic carbocycles. The summed E-state index contributed by atoms with van der Waals surface area (Å²) >= 11 is 0. The van der Waals surface area contributed by atoms with Gasteiger partial charge in [-0.25, -0.2) is 8.78 Å². The molecule has 0 bridgehead atoms. The molecule has 6 nitrogen and oxygen atoms in total. The average Bonchev–Trinajstić information content (AvgIpc) is 2.71. The highest BCUT2D eigenvalue weighted by atomic mass is 19.1. The van der Waals surface area contributed by atoms with Crippen molar-refractivity contribution in [2.24, 2.45) is 0 Å². The summed E-state index contributed by atoms with van der Waals surface area (Å²) in [7, 11) is 0. The van der Waals surface area contributed by atoms with Crippen molar-refractivity contribution in [2.75, 3.05) is 11.9 Å². The Morgan fingerprint density at radius 1 is 1.07 bits per heavy atom. The maximum absolute atomic E-state index is 13.6. The molecule has 0 saturated heterocycles. The summed E-state index contributed by atoms with van der Waals surface area (Å²) in [6, 6.07) is 9.83. The van der Waals surface area contributed by atoms with E-state index in [1.165, 1.54) is 6.92 Å². The SMILES string of the molecule is CCC(C)c1ccccc1NC(=O)C(C)OC(=O)CNC(=O)c1ccc(F)cc1F. The van der Waals surface area contributed by atoms with E-state index in [-0.39, 0.29) is 5.92 Å². The van der Waals surface area contributed by atoms with Crippen molar-refractivity contribution < 1.29 is 27.9 Å². The fourth-order valence-corrected chi connectivity index (χ4v) is 2.71. The lowest BCUT2D eigenvalue weighted by atomic mass is 9.97. The number of rotatable bonds is 8. The predicted octanol–water partition coefficient (Wildman–Crippen LogP) is 3.78. The van der Waals surface area contributed by atoms with Crippen LogP contribution in [0.5, 0.6) is 0 Å². The van der Waals surface area contributed by atoms with Gasteiger partial charge in [-0.05, 0) is 43.0 Å². The zero-order chi connectivity index (χ0) is 22.3. The molecule has 0 heterocycles. The number of hydrogen-bond acceptors (Lipinski definition) is 4.